The molecule has 0 unspecified atom stereocenters. The molecule has 0 fully saturated rings. The monoisotopic (exact) mass is 292 g/mol. The van der Waals surface area contributed by atoms with E-state index in [1.165, 1.54) is 6.07 Å². The van der Waals surface area contributed by atoms with Crippen molar-refractivity contribution in [3.05, 3.63) is 45.7 Å². The summed E-state index contributed by atoms with van der Waals surface area (Å²) in [4.78, 5) is 10.5. The normalized spacial score (nSPS) is 10.6. The van der Waals surface area contributed by atoms with Gasteiger partial charge in [0.15, 0.2) is 12.4 Å². The molecule has 1 aromatic heterocycles. The van der Waals surface area contributed by atoms with Gasteiger partial charge in [-0.25, -0.2) is 0 Å². The second kappa shape index (κ2) is 6.80. The van der Waals surface area contributed by atoms with E-state index in [2.05, 4.69) is 15.5 Å². The van der Waals surface area contributed by atoms with Crippen molar-refractivity contribution in [2.45, 2.75) is 27.0 Å². The second-order valence-electron chi connectivity index (χ2n) is 4.34. The second-order valence-corrected chi connectivity index (χ2v) is 4.34. The van der Waals surface area contributed by atoms with Gasteiger partial charge < -0.3 is 14.5 Å². The molecule has 0 aliphatic carbocycles. The van der Waals surface area contributed by atoms with Gasteiger partial charge in [0.2, 0.25) is 5.89 Å². The Balaban J connectivity index is 2.15. The van der Waals surface area contributed by atoms with Crippen molar-refractivity contribution in [2.75, 3.05) is 6.54 Å². The van der Waals surface area contributed by atoms with E-state index in [9.17, 15) is 10.1 Å². The van der Waals surface area contributed by atoms with Gasteiger partial charge in [0.1, 0.15) is 0 Å². The van der Waals surface area contributed by atoms with Crippen LogP contribution in [0, 0.1) is 17.0 Å². The Kier molecular flexibility index (Phi) is 4.83. The van der Waals surface area contributed by atoms with Crippen molar-refractivity contribution in [3.63, 3.8) is 0 Å². The number of hydrogen-bond donors (Lipinski definition) is 1. The van der Waals surface area contributed by atoms with Gasteiger partial charge in [0.05, 0.1) is 4.92 Å². The third-order valence-electron chi connectivity index (χ3n) is 2.72. The summed E-state index contributed by atoms with van der Waals surface area (Å²) in [7, 11) is 0. The van der Waals surface area contributed by atoms with Crippen molar-refractivity contribution in [1.82, 2.24) is 15.5 Å². The van der Waals surface area contributed by atoms with E-state index in [0.29, 0.717) is 12.4 Å². The third kappa shape index (κ3) is 3.99. The standard InChI is InChI=1S/C13H16N4O4/c1-3-14-7-10-4-5-11(17(18)19)12(6-10)20-8-13-16-15-9(2)21-13/h4-6,14H,3,7-8H2,1-2H3. The van der Waals surface area contributed by atoms with Gasteiger partial charge in [-0.1, -0.05) is 13.0 Å². The number of nitro benzene ring substituents is 1. The minimum Gasteiger partial charge on any atom is -0.477 e. The average molecular weight is 292 g/mol. The van der Waals surface area contributed by atoms with Crippen LogP contribution in [0.5, 0.6) is 5.75 Å². The molecule has 1 aromatic carbocycles. The summed E-state index contributed by atoms with van der Waals surface area (Å²) in [5, 5.41) is 21.6. The summed E-state index contributed by atoms with van der Waals surface area (Å²) >= 11 is 0. The van der Waals surface area contributed by atoms with Crippen LogP contribution in [-0.4, -0.2) is 21.7 Å². The fourth-order valence-corrected chi connectivity index (χ4v) is 1.74. The molecule has 2 aromatic rings. The fourth-order valence-electron chi connectivity index (χ4n) is 1.74. The van der Waals surface area contributed by atoms with Crippen LogP contribution in [-0.2, 0) is 13.2 Å². The molecule has 0 radical (unpaired) electrons. The van der Waals surface area contributed by atoms with Crippen LogP contribution in [0.1, 0.15) is 24.3 Å². The van der Waals surface area contributed by atoms with E-state index < -0.39 is 4.92 Å². The highest BCUT2D eigenvalue weighted by Gasteiger charge is 2.16. The van der Waals surface area contributed by atoms with E-state index >= 15 is 0 Å². The molecule has 1 N–H and O–H groups in total. The van der Waals surface area contributed by atoms with Gasteiger partial charge in [-0.05, 0) is 18.2 Å². The zero-order valence-electron chi connectivity index (χ0n) is 11.8. The predicted octanol–water partition coefficient (Wildman–Crippen LogP) is 1.97. The maximum atomic E-state index is 11.0. The van der Waals surface area contributed by atoms with Crippen LogP contribution in [0.2, 0.25) is 0 Å². The Morgan fingerprint density at radius 3 is 2.86 bits per heavy atom. The molecular formula is C13H16N4O4. The zero-order chi connectivity index (χ0) is 15.2. The lowest BCUT2D eigenvalue weighted by atomic mass is 10.2. The number of ether oxygens (including phenoxy) is 1. The fraction of sp³-hybridized carbons (Fsp3) is 0.385. The van der Waals surface area contributed by atoms with E-state index in [1.54, 1.807) is 19.1 Å². The number of nitrogens with zero attached hydrogens (tertiary/aromatic N) is 3. The molecule has 0 amide bonds. The van der Waals surface area contributed by atoms with Crippen molar-refractivity contribution < 1.29 is 14.1 Å². The zero-order valence-corrected chi connectivity index (χ0v) is 11.8. The lowest BCUT2D eigenvalue weighted by molar-refractivity contribution is -0.386. The van der Waals surface area contributed by atoms with Gasteiger partial charge in [-0.15, -0.1) is 10.2 Å². The molecule has 0 spiro atoms. The quantitative estimate of drug-likeness (QED) is 0.614. The number of rotatable bonds is 7. The maximum absolute atomic E-state index is 11.0. The number of hydrogen-bond acceptors (Lipinski definition) is 7. The maximum Gasteiger partial charge on any atom is 0.310 e. The van der Waals surface area contributed by atoms with Gasteiger partial charge in [0.25, 0.3) is 5.89 Å². The van der Waals surface area contributed by atoms with E-state index in [4.69, 9.17) is 9.15 Å². The molecule has 1 heterocycles. The van der Waals surface area contributed by atoms with Crippen molar-refractivity contribution in [1.29, 1.82) is 0 Å². The topological polar surface area (TPSA) is 103 Å². The molecule has 0 saturated carbocycles. The Labute approximate surface area is 121 Å². The van der Waals surface area contributed by atoms with Crippen LogP contribution in [0.4, 0.5) is 5.69 Å². The Hall–Kier alpha value is -2.48. The first-order valence-corrected chi connectivity index (χ1v) is 6.50. The predicted molar refractivity (Wildman–Crippen MR) is 73.8 cm³/mol. The summed E-state index contributed by atoms with van der Waals surface area (Å²) in [6.07, 6.45) is 0. The van der Waals surface area contributed by atoms with Gasteiger partial charge in [-0.3, -0.25) is 10.1 Å². The van der Waals surface area contributed by atoms with Crippen molar-refractivity contribution in [3.8, 4) is 5.75 Å². The van der Waals surface area contributed by atoms with Gasteiger partial charge >= 0.3 is 5.69 Å². The summed E-state index contributed by atoms with van der Waals surface area (Å²) < 4.78 is 10.6. The van der Waals surface area contributed by atoms with Crippen LogP contribution in [0.3, 0.4) is 0 Å². The Morgan fingerprint density at radius 2 is 2.24 bits per heavy atom. The molecule has 0 saturated heterocycles. The Morgan fingerprint density at radius 1 is 1.43 bits per heavy atom. The summed E-state index contributed by atoms with van der Waals surface area (Å²) in [5.74, 6) is 0.883. The van der Waals surface area contributed by atoms with Crippen molar-refractivity contribution in [2.24, 2.45) is 0 Å². The highest BCUT2D eigenvalue weighted by molar-refractivity contribution is 5.48. The number of aryl methyl sites for hydroxylation is 1. The van der Waals surface area contributed by atoms with E-state index in [-0.39, 0.29) is 23.9 Å². The van der Waals surface area contributed by atoms with Crippen LogP contribution < -0.4 is 10.1 Å². The van der Waals surface area contributed by atoms with Crippen LogP contribution in [0.15, 0.2) is 22.6 Å². The number of aromatic nitrogens is 2. The van der Waals surface area contributed by atoms with Crippen LogP contribution in [0.25, 0.3) is 0 Å². The van der Waals surface area contributed by atoms with E-state index in [1.807, 2.05) is 6.92 Å². The molecule has 8 heteroatoms. The average Bonchev–Trinajstić information content (AvgIpc) is 2.88. The number of benzene rings is 1. The molecule has 0 aliphatic rings. The molecule has 0 aliphatic heterocycles. The largest absolute Gasteiger partial charge is 0.477 e. The number of nitrogens with one attached hydrogen (secondary N) is 1. The van der Waals surface area contributed by atoms with Gasteiger partial charge in [0, 0.05) is 19.5 Å². The number of nitro groups is 1. The summed E-state index contributed by atoms with van der Waals surface area (Å²) in [6, 6.07) is 4.77. The van der Waals surface area contributed by atoms with Gasteiger partial charge in [-0.2, -0.15) is 0 Å². The Bertz CT molecular complexity index is 626. The SMILES string of the molecule is CCNCc1ccc([N+](=O)[O-])c(OCc2nnc(C)o2)c1. The summed E-state index contributed by atoms with van der Waals surface area (Å²) in [5.41, 5.74) is 0.811. The minimum atomic E-state index is -0.481. The lowest BCUT2D eigenvalue weighted by Gasteiger charge is -2.07. The first kappa shape index (κ1) is 14.9. The summed E-state index contributed by atoms with van der Waals surface area (Å²) in [6.45, 7) is 5.07. The molecule has 8 nitrogen and oxygen atoms in total. The first-order chi connectivity index (χ1) is 10.1. The molecule has 0 atom stereocenters. The molecule has 21 heavy (non-hydrogen) atoms. The lowest BCUT2D eigenvalue weighted by Crippen LogP contribution is -2.12. The molecular weight excluding hydrogens is 276 g/mol. The molecule has 2 rings (SSSR count). The highest BCUT2D eigenvalue weighted by atomic mass is 16.6. The first-order valence-electron chi connectivity index (χ1n) is 6.50. The third-order valence-corrected chi connectivity index (χ3v) is 2.72. The van der Waals surface area contributed by atoms with Crippen LogP contribution >= 0.6 is 0 Å². The molecule has 112 valence electrons. The minimum absolute atomic E-state index is 0.00760. The molecule has 0 bridgehead atoms. The van der Waals surface area contributed by atoms with E-state index in [0.717, 1.165) is 12.1 Å². The van der Waals surface area contributed by atoms with Crippen molar-refractivity contribution >= 4 is 5.69 Å². The highest BCUT2D eigenvalue weighted by Crippen LogP contribution is 2.28. The smallest absolute Gasteiger partial charge is 0.310 e.